The van der Waals surface area contributed by atoms with E-state index < -0.39 is 0 Å². The third-order valence-electron chi connectivity index (χ3n) is 2.50. The molecule has 1 aromatic rings. The average Bonchev–Trinajstić information content (AvgIpc) is 2.47. The Labute approximate surface area is 158 Å². The lowest BCUT2D eigenvalue weighted by Gasteiger charge is -2.22. The molecule has 2 N–H and O–H groups in total. The quantitative estimate of drug-likeness (QED) is 0.583. The smallest absolute Gasteiger partial charge is 0.106 e. The van der Waals surface area contributed by atoms with Crippen LogP contribution in [0, 0.1) is 0 Å². The van der Waals surface area contributed by atoms with Crippen LogP contribution in [0.15, 0.2) is 29.4 Å². The number of pyridine rings is 1. The number of rotatable bonds is 9. The van der Waals surface area contributed by atoms with Crippen molar-refractivity contribution in [3.8, 4) is 0 Å². The van der Waals surface area contributed by atoms with Gasteiger partial charge in [-0.05, 0) is 71.0 Å². The SMILES string of the molecule is CNCC(C)(C)SSC.CNCC(C)(C)SSc1ccccn1. The Morgan fingerprint density at radius 1 is 0.957 bits per heavy atom. The Balaban J connectivity index is 0.000000468. The van der Waals surface area contributed by atoms with Crippen LogP contribution in [0.4, 0.5) is 0 Å². The van der Waals surface area contributed by atoms with Gasteiger partial charge in [-0.15, -0.1) is 0 Å². The second kappa shape index (κ2) is 12.8. The van der Waals surface area contributed by atoms with E-state index in [1.54, 1.807) is 10.8 Å². The van der Waals surface area contributed by atoms with Gasteiger partial charge in [0.25, 0.3) is 0 Å². The standard InChI is InChI=1S/C10H16N2S2.C6H15NS2/c1-10(2,8-11-3)14-13-9-6-4-5-7-12-9;1-6(2,5-7-3)9-8-4/h4-7,11H,8H2,1-3H3;7H,5H2,1-4H3. The molecule has 7 heteroatoms. The number of aromatic nitrogens is 1. The summed E-state index contributed by atoms with van der Waals surface area (Å²) in [6.45, 7) is 11.0. The second-order valence-corrected chi connectivity index (χ2v) is 12.1. The first-order valence-electron chi connectivity index (χ1n) is 7.54. The van der Waals surface area contributed by atoms with Gasteiger partial charge >= 0.3 is 0 Å². The Hall–Kier alpha value is 0.470. The molecule has 0 bridgehead atoms. The molecule has 0 unspecified atom stereocenters. The molecule has 3 nitrogen and oxygen atoms in total. The largest absolute Gasteiger partial charge is 0.318 e. The number of nitrogens with one attached hydrogen (secondary N) is 2. The summed E-state index contributed by atoms with van der Waals surface area (Å²) in [5, 5.41) is 7.42. The molecule has 1 rings (SSSR count). The fourth-order valence-corrected chi connectivity index (χ4v) is 6.03. The van der Waals surface area contributed by atoms with E-state index in [0.29, 0.717) is 4.75 Å². The van der Waals surface area contributed by atoms with Crippen molar-refractivity contribution in [2.75, 3.05) is 33.4 Å². The maximum atomic E-state index is 4.26. The van der Waals surface area contributed by atoms with Crippen molar-refractivity contribution in [2.24, 2.45) is 0 Å². The molecule has 0 fully saturated rings. The highest BCUT2D eigenvalue weighted by Gasteiger charge is 2.18. The van der Waals surface area contributed by atoms with E-state index in [9.17, 15) is 0 Å². The molecule has 0 aliphatic rings. The third kappa shape index (κ3) is 13.4. The van der Waals surface area contributed by atoms with Gasteiger partial charge in [-0.3, -0.25) is 0 Å². The molecule has 0 atom stereocenters. The molecule has 0 saturated carbocycles. The molecule has 1 aromatic heterocycles. The van der Waals surface area contributed by atoms with Gasteiger partial charge in [-0.1, -0.05) is 38.4 Å². The normalized spacial score (nSPS) is 11.8. The second-order valence-electron chi connectivity index (χ2n) is 6.16. The zero-order valence-electron chi connectivity index (χ0n) is 15.3. The molecule has 134 valence electrons. The van der Waals surface area contributed by atoms with Crippen molar-refractivity contribution in [3.63, 3.8) is 0 Å². The average molecular weight is 394 g/mol. The van der Waals surface area contributed by atoms with E-state index in [0.717, 1.165) is 18.1 Å². The Bertz CT molecular complexity index is 392. The van der Waals surface area contributed by atoms with Crippen LogP contribution in [0.2, 0.25) is 0 Å². The summed E-state index contributed by atoms with van der Waals surface area (Å²) in [6, 6.07) is 5.99. The van der Waals surface area contributed by atoms with Crippen LogP contribution in [0.3, 0.4) is 0 Å². The summed E-state index contributed by atoms with van der Waals surface area (Å²) < 4.78 is 0.602. The van der Waals surface area contributed by atoms with Crippen LogP contribution < -0.4 is 10.6 Å². The summed E-state index contributed by atoms with van der Waals surface area (Å²) in [5.74, 6) is 0. The molecule has 0 amide bonds. The van der Waals surface area contributed by atoms with Crippen molar-refractivity contribution < 1.29 is 0 Å². The molecule has 1 heterocycles. The van der Waals surface area contributed by atoms with Crippen LogP contribution in [0.5, 0.6) is 0 Å². The number of hydrogen-bond donors (Lipinski definition) is 2. The van der Waals surface area contributed by atoms with Gasteiger partial charge in [-0.2, -0.15) is 0 Å². The van der Waals surface area contributed by atoms with E-state index in [4.69, 9.17) is 0 Å². The van der Waals surface area contributed by atoms with Gasteiger partial charge in [0.2, 0.25) is 0 Å². The van der Waals surface area contributed by atoms with Crippen molar-refractivity contribution in [1.82, 2.24) is 15.6 Å². The molecule has 0 aliphatic heterocycles. The maximum Gasteiger partial charge on any atom is 0.106 e. The van der Waals surface area contributed by atoms with Crippen molar-refractivity contribution in [1.29, 1.82) is 0 Å². The Morgan fingerprint density at radius 2 is 1.52 bits per heavy atom. The summed E-state index contributed by atoms with van der Waals surface area (Å²) in [5.41, 5.74) is 0. The zero-order valence-corrected chi connectivity index (χ0v) is 18.6. The predicted molar refractivity (Wildman–Crippen MR) is 115 cm³/mol. The molecule has 0 saturated heterocycles. The van der Waals surface area contributed by atoms with Crippen LogP contribution in [0.1, 0.15) is 27.7 Å². The van der Waals surface area contributed by atoms with E-state index in [2.05, 4.69) is 49.6 Å². The number of nitrogens with zero attached hydrogens (tertiary/aromatic N) is 1. The Morgan fingerprint density at radius 3 is 1.96 bits per heavy atom. The lowest BCUT2D eigenvalue weighted by Crippen LogP contribution is -2.28. The van der Waals surface area contributed by atoms with Crippen molar-refractivity contribution in [2.45, 2.75) is 42.2 Å². The lowest BCUT2D eigenvalue weighted by atomic mass is 10.2. The van der Waals surface area contributed by atoms with Gasteiger partial charge in [0.15, 0.2) is 0 Å². The van der Waals surface area contributed by atoms with E-state index in [1.165, 1.54) is 0 Å². The first-order valence-corrected chi connectivity index (χ1v) is 12.2. The molecule has 0 aromatic carbocycles. The summed E-state index contributed by atoms with van der Waals surface area (Å²) in [7, 11) is 11.3. The fraction of sp³-hybridized carbons (Fsp3) is 0.688. The molecule has 23 heavy (non-hydrogen) atoms. The van der Waals surface area contributed by atoms with Gasteiger partial charge in [0.1, 0.15) is 5.03 Å². The molecular weight excluding hydrogens is 362 g/mol. The highest BCUT2D eigenvalue weighted by atomic mass is 33.1. The zero-order chi connectivity index (χ0) is 17.8. The molecule has 0 aliphatic carbocycles. The minimum atomic E-state index is 0.233. The number of hydrogen-bond acceptors (Lipinski definition) is 7. The van der Waals surface area contributed by atoms with Crippen LogP contribution >= 0.6 is 43.2 Å². The van der Waals surface area contributed by atoms with E-state index >= 15 is 0 Å². The topological polar surface area (TPSA) is 37.0 Å². The first-order chi connectivity index (χ1) is 10.8. The first kappa shape index (κ1) is 23.5. The van der Waals surface area contributed by atoms with Crippen LogP contribution in [-0.2, 0) is 0 Å². The highest BCUT2D eigenvalue weighted by Crippen LogP contribution is 2.39. The van der Waals surface area contributed by atoms with Crippen LogP contribution in [-0.4, -0.2) is 47.9 Å². The minimum Gasteiger partial charge on any atom is -0.318 e. The van der Waals surface area contributed by atoms with Crippen LogP contribution in [0.25, 0.3) is 0 Å². The molecular formula is C16H31N3S4. The van der Waals surface area contributed by atoms with Gasteiger partial charge < -0.3 is 10.6 Å². The fourth-order valence-electron chi connectivity index (χ4n) is 1.69. The van der Waals surface area contributed by atoms with E-state index in [-0.39, 0.29) is 4.75 Å². The van der Waals surface area contributed by atoms with Gasteiger partial charge in [0.05, 0.1) is 0 Å². The van der Waals surface area contributed by atoms with Crippen molar-refractivity contribution in [3.05, 3.63) is 24.4 Å². The highest BCUT2D eigenvalue weighted by molar-refractivity contribution is 8.77. The summed E-state index contributed by atoms with van der Waals surface area (Å²) in [6.07, 6.45) is 3.94. The van der Waals surface area contributed by atoms with Gasteiger partial charge in [0, 0.05) is 28.8 Å². The summed E-state index contributed by atoms with van der Waals surface area (Å²) >= 11 is 0. The predicted octanol–water partition coefficient (Wildman–Crippen LogP) is 4.82. The lowest BCUT2D eigenvalue weighted by molar-refractivity contribution is 0.646. The monoisotopic (exact) mass is 393 g/mol. The molecule has 0 spiro atoms. The van der Waals surface area contributed by atoms with E-state index in [1.807, 2.05) is 70.9 Å². The summed E-state index contributed by atoms with van der Waals surface area (Å²) in [4.78, 5) is 4.26. The van der Waals surface area contributed by atoms with Crippen molar-refractivity contribution >= 4 is 43.2 Å². The Kier molecular flexibility index (Phi) is 13.0. The third-order valence-corrected chi connectivity index (χ3v) is 8.33. The van der Waals surface area contributed by atoms with Gasteiger partial charge in [-0.25, -0.2) is 4.98 Å². The molecule has 0 radical (unpaired) electrons. The maximum absolute atomic E-state index is 4.26. The minimum absolute atomic E-state index is 0.233.